The molecule has 0 bridgehead atoms. The van der Waals surface area contributed by atoms with E-state index in [9.17, 15) is 22.4 Å². The molecule has 10 heteroatoms. The van der Waals surface area contributed by atoms with Gasteiger partial charge in [-0.2, -0.15) is 0 Å². The topological polar surface area (TPSA) is 96.0 Å². The Morgan fingerprint density at radius 1 is 0.949 bits per heavy atom. The lowest BCUT2D eigenvalue weighted by Gasteiger charge is -2.33. The highest BCUT2D eigenvalue weighted by Crippen LogP contribution is 2.32. The molecule has 0 aliphatic heterocycles. The predicted molar refractivity (Wildman–Crippen MR) is 148 cm³/mol. The maximum Gasteiger partial charge on any atom is 0.264 e. The quantitative estimate of drug-likeness (QED) is 0.358. The number of anilines is 1. The molecule has 0 saturated heterocycles. The lowest BCUT2D eigenvalue weighted by atomic mass is 10.1. The smallest absolute Gasteiger partial charge is 0.264 e. The second-order valence-electron chi connectivity index (χ2n) is 9.23. The first-order valence-electron chi connectivity index (χ1n) is 12.6. The van der Waals surface area contributed by atoms with Crippen LogP contribution in [0.1, 0.15) is 32.8 Å². The van der Waals surface area contributed by atoms with Gasteiger partial charge in [0, 0.05) is 12.6 Å². The Morgan fingerprint density at radius 3 is 2.15 bits per heavy atom. The summed E-state index contributed by atoms with van der Waals surface area (Å²) >= 11 is 0. The minimum Gasteiger partial charge on any atom is -0.495 e. The van der Waals surface area contributed by atoms with Crippen molar-refractivity contribution < 1.29 is 27.1 Å². The van der Waals surface area contributed by atoms with E-state index in [-0.39, 0.29) is 41.2 Å². The standard InChI is InChI=1S/C29H34FN3O5S/c1-5-25(29(35)31-21(2)3)32(19-22-15-17-23(30)18-16-22)28(34)20-33(26-13-9-10-14-27(26)38-4)39(36,37)24-11-7-6-8-12-24/h6-18,21,25H,5,19-20H2,1-4H3,(H,31,35). The molecule has 0 fully saturated rings. The van der Waals surface area contributed by atoms with Crippen LogP contribution in [0, 0.1) is 5.82 Å². The number of amides is 2. The molecule has 0 aliphatic carbocycles. The van der Waals surface area contributed by atoms with E-state index in [1.807, 2.05) is 13.8 Å². The first-order chi connectivity index (χ1) is 18.6. The third kappa shape index (κ3) is 7.35. The number of halogens is 1. The van der Waals surface area contributed by atoms with Crippen LogP contribution in [-0.4, -0.2) is 50.9 Å². The van der Waals surface area contributed by atoms with Gasteiger partial charge < -0.3 is 15.0 Å². The van der Waals surface area contributed by atoms with Gasteiger partial charge in [0.2, 0.25) is 11.8 Å². The van der Waals surface area contributed by atoms with Crippen molar-refractivity contribution in [1.82, 2.24) is 10.2 Å². The zero-order chi connectivity index (χ0) is 28.6. The fraction of sp³-hybridized carbons (Fsp3) is 0.310. The summed E-state index contributed by atoms with van der Waals surface area (Å²) in [6.45, 7) is 4.78. The Kier molecular flexibility index (Phi) is 10.1. The molecule has 0 spiro atoms. The van der Waals surface area contributed by atoms with Gasteiger partial charge in [0.1, 0.15) is 24.2 Å². The van der Waals surface area contributed by atoms with Gasteiger partial charge in [0.15, 0.2) is 0 Å². The number of hydrogen-bond acceptors (Lipinski definition) is 5. The van der Waals surface area contributed by atoms with Crippen molar-refractivity contribution in [1.29, 1.82) is 0 Å². The maximum atomic E-state index is 14.0. The van der Waals surface area contributed by atoms with Crippen LogP contribution in [0.15, 0.2) is 83.8 Å². The molecule has 39 heavy (non-hydrogen) atoms. The molecule has 208 valence electrons. The molecule has 0 heterocycles. The molecule has 0 aromatic heterocycles. The van der Waals surface area contributed by atoms with Crippen LogP contribution in [0.2, 0.25) is 0 Å². The Bertz CT molecular complexity index is 1370. The summed E-state index contributed by atoms with van der Waals surface area (Å²) < 4.78 is 47.7. The number of methoxy groups -OCH3 is 1. The molecule has 1 unspecified atom stereocenters. The number of nitrogens with one attached hydrogen (secondary N) is 1. The molecule has 1 N–H and O–H groups in total. The van der Waals surface area contributed by atoms with Gasteiger partial charge in [-0.3, -0.25) is 13.9 Å². The highest BCUT2D eigenvalue weighted by molar-refractivity contribution is 7.92. The fourth-order valence-corrected chi connectivity index (χ4v) is 5.60. The third-order valence-corrected chi connectivity index (χ3v) is 7.82. The zero-order valence-electron chi connectivity index (χ0n) is 22.5. The minimum absolute atomic E-state index is 0.00150. The zero-order valence-corrected chi connectivity index (χ0v) is 23.3. The molecular weight excluding hydrogens is 521 g/mol. The van der Waals surface area contributed by atoms with E-state index in [1.165, 1.54) is 48.4 Å². The fourth-order valence-electron chi connectivity index (χ4n) is 4.16. The lowest BCUT2D eigenvalue weighted by molar-refractivity contribution is -0.140. The predicted octanol–water partition coefficient (Wildman–Crippen LogP) is 4.36. The van der Waals surface area contributed by atoms with E-state index in [4.69, 9.17) is 4.74 Å². The molecule has 3 aromatic rings. The van der Waals surface area contributed by atoms with Gasteiger partial charge in [-0.05, 0) is 62.2 Å². The number of nitrogens with zero attached hydrogens (tertiary/aromatic N) is 2. The van der Waals surface area contributed by atoms with Crippen LogP contribution in [0.5, 0.6) is 5.75 Å². The van der Waals surface area contributed by atoms with Crippen LogP contribution < -0.4 is 14.4 Å². The van der Waals surface area contributed by atoms with Crippen molar-refractivity contribution in [3.05, 3.63) is 90.2 Å². The Morgan fingerprint density at radius 2 is 1.56 bits per heavy atom. The summed E-state index contributed by atoms with van der Waals surface area (Å²) in [6, 6.07) is 18.8. The third-order valence-electron chi connectivity index (χ3n) is 6.05. The Labute approximate surface area is 229 Å². The van der Waals surface area contributed by atoms with Crippen LogP contribution in [0.3, 0.4) is 0 Å². The van der Waals surface area contributed by atoms with E-state index < -0.39 is 34.3 Å². The molecule has 3 rings (SSSR count). The SMILES string of the molecule is CCC(C(=O)NC(C)C)N(Cc1ccc(F)cc1)C(=O)CN(c1ccccc1OC)S(=O)(=O)c1ccccc1. The monoisotopic (exact) mass is 555 g/mol. The Hall–Kier alpha value is -3.92. The van der Waals surface area contributed by atoms with Crippen molar-refractivity contribution in [2.75, 3.05) is 18.0 Å². The number of ether oxygens (including phenoxy) is 1. The van der Waals surface area contributed by atoms with Crippen molar-refractivity contribution in [3.8, 4) is 5.75 Å². The average Bonchev–Trinajstić information content (AvgIpc) is 2.92. The first kappa shape index (κ1) is 29.6. The van der Waals surface area contributed by atoms with E-state index in [1.54, 1.807) is 49.4 Å². The molecule has 0 saturated carbocycles. The van der Waals surface area contributed by atoms with Crippen LogP contribution in [0.25, 0.3) is 0 Å². The normalized spacial score (nSPS) is 12.1. The summed E-state index contributed by atoms with van der Waals surface area (Å²) in [5.41, 5.74) is 0.772. The van der Waals surface area contributed by atoms with E-state index in [0.717, 1.165) is 4.31 Å². The number of rotatable bonds is 12. The number of sulfonamides is 1. The number of carbonyl (C=O) groups is 2. The van der Waals surface area contributed by atoms with Crippen molar-refractivity contribution in [2.45, 2.75) is 50.7 Å². The first-order valence-corrected chi connectivity index (χ1v) is 14.1. The maximum absolute atomic E-state index is 14.0. The Balaban J connectivity index is 2.08. The van der Waals surface area contributed by atoms with Gasteiger partial charge in [0.25, 0.3) is 10.0 Å². The second kappa shape index (κ2) is 13.2. The van der Waals surface area contributed by atoms with Gasteiger partial charge in [-0.1, -0.05) is 49.4 Å². The van der Waals surface area contributed by atoms with Gasteiger partial charge in [0.05, 0.1) is 17.7 Å². The number of hydrogen-bond donors (Lipinski definition) is 1. The van der Waals surface area contributed by atoms with Crippen LogP contribution in [0.4, 0.5) is 10.1 Å². The summed E-state index contributed by atoms with van der Waals surface area (Å²) in [7, 11) is -2.79. The molecule has 1 atom stereocenters. The van der Waals surface area contributed by atoms with Crippen molar-refractivity contribution >= 4 is 27.5 Å². The van der Waals surface area contributed by atoms with Gasteiger partial charge in [-0.25, -0.2) is 12.8 Å². The number of para-hydroxylation sites is 2. The molecule has 3 aromatic carbocycles. The highest BCUT2D eigenvalue weighted by atomic mass is 32.2. The number of carbonyl (C=O) groups excluding carboxylic acids is 2. The van der Waals surface area contributed by atoms with Crippen LogP contribution in [-0.2, 0) is 26.2 Å². The summed E-state index contributed by atoms with van der Waals surface area (Å²) in [6.07, 6.45) is 0.283. The highest BCUT2D eigenvalue weighted by Gasteiger charge is 2.34. The summed E-state index contributed by atoms with van der Waals surface area (Å²) in [5.74, 6) is -1.13. The van der Waals surface area contributed by atoms with E-state index >= 15 is 0 Å². The van der Waals surface area contributed by atoms with Crippen molar-refractivity contribution in [2.24, 2.45) is 0 Å². The molecule has 0 radical (unpaired) electrons. The van der Waals surface area contributed by atoms with Crippen molar-refractivity contribution in [3.63, 3.8) is 0 Å². The molecule has 2 amide bonds. The van der Waals surface area contributed by atoms with Gasteiger partial charge >= 0.3 is 0 Å². The summed E-state index contributed by atoms with van der Waals surface area (Å²) in [4.78, 5) is 28.5. The largest absolute Gasteiger partial charge is 0.495 e. The van der Waals surface area contributed by atoms with E-state index in [0.29, 0.717) is 5.56 Å². The average molecular weight is 556 g/mol. The summed E-state index contributed by atoms with van der Waals surface area (Å²) in [5, 5.41) is 2.84. The van der Waals surface area contributed by atoms with Crippen LogP contribution >= 0.6 is 0 Å². The number of benzene rings is 3. The van der Waals surface area contributed by atoms with E-state index in [2.05, 4.69) is 5.32 Å². The van der Waals surface area contributed by atoms with Gasteiger partial charge in [-0.15, -0.1) is 0 Å². The molecule has 0 aliphatic rings. The lowest BCUT2D eigenvalue weighted by Crippen LogP contribution is -2.53. The molecular formula is C29H34FN3O5S. The second-order valence-corrected chi connectivity index (χ2v) is 11.1. The minimum atomic E-state index is -4.21. The molecule has 8 nitrogen and oxygen atoms in total.